The fourth-order valence-electron chi connectivity index (χ4n) is 5.41. The zero-order chi connectivity index (χ0) is 25.6. The third-order valence-corrected chi connectivity index (χ3v) is 7.30. The fourth-order valence-corrected chi connectivity index (χ4v) is 5.68. The monoisotopic (exact) mass is 511 g/mol. The van der Waals surface area contributed by atoms with E-state index in [9.17, 15) is 19.3 Å². The van der Waals surface area contributed by atoms with E-state index in [0.717, 1.165) is 5.56 Å². The van der Waals surface area contributed by atoms with Crippen LogP contribution in [-0.4, -0.2) is 42.5 Å². The lowest BCUT2D eigenvalue weighted by molar-refractivity contribution is -0.534. The van der Waals surface area contributed by atoms with Gasteiger partial charge < -0.3 is 14.8 Å². The molecule has 0 unspecified atom stereocenters. The van der Waals surface area contributed by atoms with Crippen molar-refractivity contribution in [2.45, 2.75) is 24.1 Å². The number of likely N-dealkylation sites (tertiary alicyclic amines) is 1. The zero-order valence-corrected chi connectivity index (χ0v) is 20.3. The van der Waals surface area contributed by atoms with Crippen molar-refractivity contribution in [1.29, 1.82) is 0 Å². The van der Waals surface area contributed by atoms with Gasteiger partial charge in [0.1, 0.15) is 12.4 Å². The number of amides is 1. The second kappa shape index (κ2) is 9.07. The van der Waals surface area contributed by atoms with Crippen LogP contribution in [0.5, 0.6) is 11.5 Å². The molecule has 8 nitrogen and oxygen atoms in total. The molecule has 2 aliphatic heterocycles. The van der Waals surface area contributed by atoms with E-state index in [1.165, 1.54) is 19.2 Å². The Morgan fingerprint density at radius 1 is 1.22 bits per heavy atom. The predicted molar refractivity (Wildman–Crippen MR) is 132 cm³/mol. The van der Waals surface area contributed by atoms with E-state index >= 15 is 0 Å². The number of para-hydroxylation sites is 1. The van der Waals surface area contributed by atoms with Crippen molar-refractivity contribution in [3.8, 4) is 11.5 Å². The van der Waals surface area contributed by atoms with Crippen LogP contribution in [0.3, 0.4) is 0 Å². The van der Waals surface area contributed by atoms with Crippen LogP contribution in [-0.2, 0) is 16.9 Å². The Kier molecular flexibility index (Phi) is 6.05. The Labute approximate surface area is 211 Å². The van der Waals surface area contributed by atoms with E-state index in [0.29, 0.717) is 22.6 Å². The lowest BCUT2D eigenvalue weighted by Gasteiger charge is -2.30. The normalized spacial score (nSPS) is 22.9. The van der Waals surface area contributed by atoms with Gasteiger partial charge in [-0.3, -0.25) is 19.8 Å². The maximum Gasteiger partial charge on any atom is 0.256 e. The van der Waals surface area contributed by atoms with Crippen LogP contribution in [0.1, 0.15) is 22.6 Å². The molecule has 0 radical (unpaired) electrons. The van der Waals surface area contributed by atoms with Gasteiger partial charge in [0.15, 0.2) is 17.0 Å². The number of nitrogens with one attached hydrogen (secondary N) is 1. The third-order valence-electron chi connectivity index (χ3n) is 7.02. The molecule has 2 heterocycles. The number of halogens is 2. The summed E-state index contributed by atoms with van der Waals surface area (Å²) in [6.07, 6.45) is 0. The number of benzene rings is 3. The number of carbonyl (C=O) groups is 1. The number of nitrogens with zero attached hydrogens (tertiary/aromatic N) is 2. The van der Waals surface area contributed by atoms with Crippen molar-refractivity contribution in [1.82, 2.24) is 4.90 Å². The molecule has 0 saturated carbocycles. The summed E-state index contributed by atoms with van der Waals surface area (Å²) in [4.78, 5) is 27.2. The quantitative estimate of drug-likeness (QED) is 0.384. The molecule has 3 aromatic carbocycles. The highest BCUT2D eigenvalue weighted by Crippen LogP contribution is 2.53. The Bertz CT molecular complexity index is 1350. The molecule has 3 aromatic rings. The topological polar surface area (TPSA) is 93.9 Å². The molecule has 2 aliphatic rings. The molecular weight excluding hydrogens is 489 g/mol. The number of ether oxygens (including phenoxy) is 2. The van der Waals surface area contributed by atoms with Crippen LogP contribution in [0, 0.1) is 15.9 Å². The minimum atomic E-state index is -1.46. The van der Waals surface area contributed by atoms with Gasteiger partial charge in [-0.15, -0.1) is 0 Å². The van der Waals surface area contributed by atoms with Gasteiger partial charge in [-0.25, -0.2) is 4.39 Å². The number of fused-ring (bicyclic) bond motifs is 2. The van der Waals surface area contributed by atoms with Gasteiger partial charge in [-0.1, -0.05) is 41.9 Å². The van der Waals surface area contributed by atoms with Gasteiger partial charge in [-0.05, 0) is 48.5 Å². The summed E-state index contributed by atoms with van der Waals surface area (Å²) >= 11 is 6.58. The molecule has 1 saturated heterocycles. The third kappa shape index (κ3) is 3.66. The van der Waals surface area contributed by atoms with Gasteiger partial charge >= 0.3 is 0 Å². The van der Waals surface area contributed by atoms with Gasteiger partial charge in [0, 0.05) is 22.7 Å². The van der Waals surface area contributed by atoms with Crippen molar-refractivity contribution in [2.75, 3.05) is 26.0 Å². The minimum absolute atomic E-state index is 0.124. The Hall–Kier alpha value is -3.69. The Morgan fingerprint density at radius 2 is 1.94 bits per heavy atom. The lowest BCUT2D eigenvalue weighted by Crippen LogP contribution is -2.54. The summed E-state index contributed by atoms with van der Waals surface area (Å²) in [6.45, 7) is 0.377. The van der Waals surface area contributed by atoms with Crippen LogP contribution in [0.15, 0.2) is 60.7 Å². The number of rotatable bonds is 6. The van der Waals surface area contributed by atoms with Crippen LogP contribution >= 0.6 is 11.6 Å². The largest absolute Gasteiger partial charge is 0.493 e. The van der Waals surface area contributed by atoms with E-state index in [4.69, 9.17) is 21.1 Å². The van der Waals surface area contributed by atoms with Gasteiger partial charge in [-0.2, -0.15) is 0 Å². The number of likely N-dealkylation sites (N-methyl/N-ethyl adjacent to an activating group) is 1. The molecule has 3 atom stereocenters. The molecule has 1 N–H and O–H groups in total. The fraction of sp³-hybridized carbons (Fsp3) is 0.269. The first-order valence-electron chi connectivity index (χ1n) is 11.3. The molecule has 0 aliphatic carbocycles. The van der Waals surface area contributed by atoms with Gasteiger partial charge in [0.2, 0.25) is 0 Å². The zero-order valence-electron chi connectivity index (χ0n) is 19.5. The maximum absolute atomic E-state index is 13.3. The van der Waals surface area contributed by atoms with Crippen LogP contribution in [0.2, 0.25) is 5.02 Å². The molecule has 5 rings (SSSR count). The summed E-state index contributed by atoms with van der Waals surface area (Å²) in [5.74, 6) is -0.847. The number of anilines is 1. The molecule has 1 amide bonds. The molecule has 1 fully saturated rings. The smallest absolute Gasteiger partial charge is 0.256 e. The summed E-state index contributed by atoms with van der Waals surface area (Å²) in [6, 6.07) is 14.9. The van der Waals surface area contributed by atoms with Crippen LogP contribution < -0.4 is 14.8 Å². The van der Waals surface area contributed by atoms with Gasteiger partial charge in [0.05, 0.1) is 18.1 Å². The van der Waals surface area contributed by atoms with Gasteiger partial charge in [0.25, 0.3) is 11.9 Å². The van der Waals surface area contributed by atoms with E-state index < -0.39 is 23.4 Å². The second-order valence-corrected chi connectivity index (χ2v) is 9.34. The van der Waals surface area contributed by atoms with Crippen LogP contribution in [0.25, 0.3) is 0 Å². The standard InChI is InChI=1S/C26H23ClFN3O5/c1-30-13-18(24(31(33)34)26(30)19-5-3-4-6-21(19)29-25(26)32)16-11-20(27)23(22(12-16)35-2)36-14-15-7-9-17(28)10-8-15/h3-12,18,24H,13-14H2,1-2H3,(H,29,32)/t18-,24-,26+/m0/s1. The molecule has 0 aromatic heterocycles. The molecule has 1 spiro atoms. The number of hydrogen-bond donors (Lipinski definition) is 1. The van der Waals surface area contributed by atoms with E-state index in [1.54, 1.807) is 60.5 Å². The van der Waals surface area contributed by atoms with E-state index in [-0.39, 0.29) is 34.7 Å². The second-order valence-electron chi connectivity index (χ2n) is 8.93. The summed E-state index contributed by atoms with van der Waals surface area (Å²) < 4.78 is 24.6. The molecule has 36 heavy (non-hydrogen) atoms. The number of nitro groups is 1. The van der Waals surface area contributed by atoms with Crippen molar-refractivity contribution >= 4 is 23.2 Å². The average Bonchev–Trinajstić information content (AvgIpc) is 3.33. The van der Waals surface area contributed by atoms with E-state index in [1.807, 2.05) is 0 Å². The molecule has 10 heteroatoms. The molecular formula is C26H23ClFN3O5. The Morgan fingerprint density at radius 3 is 2.64 bits per heavy atom. The average molecular weight is 512 g/mol. The predicted octanol–water partition coefficient (Wildman–Crippen LogP) is 4.59. The molecule has 186 valence electrons. The first kappa shape index (κ1) is 24.0. The highest BCUT2D eigenvalue weighted by atomic mass is 35.5. The highest BCUT2D eigenvalue weighted by Gasteiger charge is 2.68. The summed E-state index contributed by atoms with van der Waals surface area (Å²) in [7, 11) is 3.17. The number of carbonyl (C=O) groups excluding carboxylic acids is 1. The van der Waals surface area contributed by atoms with E-state index in [2.05, 4.69) is 5.32 Å². The highest BCUT2D eigenvalue weighted by molar-refractivity contribution is 6.32. The molecule has 0 bridgehead atoms. The summed E-state index contributed by atoms with van der Waals surface area (Å²) in [5.41, 5.74) is 0.995. The number of hydrogen-bond acceptors (Lipinski definition) is 6. The van der Waals surface area contributed by atoms with Crippen molar-refractivity contribution in [3.05, 3.63) is 98.3 Å². The lowest BCUT2D eigenvalue weighted by atomic mass is 9.79. The SMILES string of the molecule is COc1cc([C@@H]2CN(C)[C@@]3(C(=O)Nc4ccccc43)[C@H]2[N+](=O)[O-])cc(Cl)c1OCc1ccc(F)cc1. The first-order valence-corrected chi connectivity index (χ1v) is 11.7. The minimum Gasteiger partial charge on any atom is -0.493 e. The Balaban J connectivity index is 1.52. The number of methoxy groups -OCH3 is 1. The maximum atomic E-state index is 13.3. The first-order chi connectivity index (χ1) is 17.3. The van der Waals surface area contributed by atoms with Crippen molar-refractivity contribution in [3.63, 3.8) is 0 Å². The van der Waals surface area contributed by atoms with Crippen LogP contribution in [0.4, 0.5) is 10.1 Å². The van der Waals surface area contributed by atoms with Crippen molar-refractivity contribution < 1.29 is 23.6 Å². The van der Waals surface area contributed by atoms with Crippen molar-refractivity contribution in [2.24, 2.45) is 0 Å². The summed E-state index contributed by atoms with van der Waals surface area (Å²) in [5, 5.41) is 15.6.